The van der Waals surface area contributed by atoms with Crippen LogP contribution in [0.2, 0.25) is 0 Å². The van der Waals surface area contributed by atoms with Gasteiger partial charge < -0.3 is 0 Å². The Balaban J connectivity index is 4.07. The lowest BCUT2D eigenvalue weighted by Crippen LogP contribution is -2.40. The molecule has 0 aliphatic carbocycles. The lowest BCUT2D eigenvalue weighted by Gasteiger charge is -2.24. The molecule has 0 aromatic carbocycles. The van der Waals surface area contributed by atoms with Crippen LogP contribution in [0.5, 0.6) is 0 Å². The van der Waals surface area contributed by atoms with Crippen molar-refractivity contribution in [2.45, 2.75) is 25.6 Å². The van der Waals surface area contributed by atoms with Crippen molar-refractivity contribution < 1.29 is 13.2 Å². The first-order chi connectivity index (χ1) is 4.39. The molecule has 1 atom stereocenters. The van der Waals surface area contributed by atoms with Crippen LogP contribution in [0.4, 0.5) is 13.2 Å². The van der Waals surface area contributed by atoms with Crippen LogP contribution in [0.15, 0.2) is 0 Å². The monoisotopic (exact) mass is 155 g/mol. The maximum atomic E-state index is 11.9. The van der Waals surface area contributed by atoms with Gasteiger partial charge in [-0.15, -0.1) is 0 Å². The molecule has 0 fully saturated rings. The molecule has 0 aliphatic heterocycles. The molecule has 4 heteroatoms. The first kappa shape index (κ1) is 9.75. The van der Waals surface area contributed by atoms with Crippen molar-refractivity contribution in [3.63, 3.8) is 0 Å². The molecule has 10 heavy (non-hydrogen) atoms. The minimum atomic E-state index is -4.09. The summed E-state index contributed by atoms with van der Waals surface area (Å²) in [6.07, 6.45) is -3.98. The summed E-state index contributed by atoms with van der Waals surface area (Å²) < 4.78 is 35.8. The van der Waals surface area contributed by atoms with Gasteiger partial charge in [0.2, 0.25) is 0 Å². The molecule has 1 unspecified atom stereocenters. The van der Waals surface area contributed by atoms with Gasteiger partial charge in [-0.2, -0.15) is 13.2 Å². The summed E-state index contributed by atoms with van der Waals surface area (Å²) in [5.41, 5.74) is 0. The second-order valence-electron chi connectivity index (χ2n) is 2.43. The Morgan fingerprint density at radius 2 is 1.70 bits per heavy atom. The van der Waals surface area contributed by atoms with E-state index >= 15 is 0 Å². The van der Waals surface area contributed by atoms with E-state index in [-0.39, 0.29) is 6.42 Å². The van der Waals surface area contributed by atoms with Crippen LogP contribution >= 0.6 is 0 Å². The maximum absolute atomic E-state index is 11.9. The Hall–Kier alpha value is -0.250. The van der Waals surface area contributed by atoms with Crippen molar-refractivity contribution in [1.29, 1.82) is 0 Å². The molecule has 0 radical (unpaired) electrons. The van der Waals surface area contributed by atoms with E-state index in [1.807, 2.05) is 0 Å². The molecule has 0 spiro atoms. The van der Waals surface area contributed by atoms with E-state index in [4.69, 9.17) is 0 Å². The summed E-state index contributed by atoms with van der Waals surface area (Å²) in [6.45, 7) is 1.53. The van der Waals surface area contributed by atoms with E-state index in [9.17, 15) is 13.2 Å². The highest BCUT2D eigenvalue weighted by Gasteiger charge is 2.39. The minimum absolute atomic E-state index is 0.108. The highest BCUT2D eigenvalue weighted by atomic mass is 19.4. The van der Waals surface area contributed by atoms with Crippen LogP contribution in [-0.4, -0.2) is 31.2 Å². The Bertz CT molecular complexity index is 97.7. The molecule has 0 aliphatic rings. The van der Waals surface area contributed by atoms with Crippen LogP contribution < -0.4 is 0 Å². The van der Waals surface area contributed by atoms with E-state index in [2.05, 4.69) is 0 Å². The van der Waals surface area contributed by atoms with Gasteiger partial charge >= 0.3 is 6.18 Å². The van der Waals surface area contributed by atoms with Gasteiger partial charge in [-0.05, 0) is 20.5 Å². The highest BCUT2D eigenvalue weighted by Crippen LogP contribution is 2.25. The topological polar surface area (TPSA) is 3.24 Å². The molecule has 0 saturated carbocycles. The van der Waals surface area contributed by atoms with E-state index in [0.29, 0.717) is 0 Å². The molecular weight excluding hydrogens is 143 g/mol. The zero-order chi connectivity index (χ0) is 8.36. The van der Waals surface area contributed by atoms with Gasteiger partial charge in [0.15, 0.2) is 0 Å². The van der Waals surface area contributed by atoms with Crippen molar-refractivity contribution in [1.82, 2.24) is 4.90 Å². The SMILES string of the molecule is CCC(N(C)C)C(F)(F)F. The van der Waals surface area contributed by atoms with E-state index in [1.54, 1.807) is 0 Å². The number of hydrogen-bond acceptors (Lipinski definition) is 1. The van der Waals surface area contributed by atoms with E-state index in [1.165, 1.54) is 25.9 Å². The third-order valence-corrected chi connectivity index (χ3v) is 1.39. The van der Waals surface area contributed by atoms with Gasteiger partial charge in [-0.3, -0.25) is 4.90 Å². The predicted molar refractivity (Wildman–Crippen MR) is 33.8 cm³/mol. The van der Waals surface area contributed by atoms with Gasteiger partial charge in [0.1, 0.15) is 6.04 Å². The summed E-state index contributed by atoms with van der Waals surface area (Å²) in [7, 11) is 2.86. The Morgan fingerprint density at radius 1 is 1.30 bits per heavy atom. The predicted octanol–water partition coefficient (Wildman–Crippen LogP) is 1.89. The first-order valence-corrected chi connectivity index (χ1v) is 3.12. The number of alkyl halides is 3. The lowest BCUT2D eigenvalue weighted by molar-refractivity contribution is -0.177. The van der Waals surface area contributed by atoms with Gasteiger partial charge in [-0.25, -0.2) is 0 Å². The maximum Gasteiger partial charge on any atom is 0.404 e. The van der Waals surface area contributed by atoms with Crippen LogP contribution in [0.3, 0.4) is 0 Å². The summed E-state index contributed by atoms with van der Waals surface area (Å²) in [6, 6.07) is -1.30. The molecule has 0 amide bonds. The van der Waals surface area contributed by atoms with Crippen LogP contribution in [0.1, 0.15) is 13.3 Å². The fourth-order valence-corrected chi connectivity index (χ4v) is 0.889. The van der Waals surface area contributed by atoms with Gasteiger partial charge in [0, 0.05) is 0 Å². The minimum Gasteiger partial charge on any atom is -0.298 e. The van der Waals surface area contributed by atoms with E-state index in [0.717, 1.165) is 0 Å². The third-order valence-electron chi connectivity index (χ3n) is 1.39. The summed E-state index contributed by atoms with van der Waals surface area (Å²) >= 11 is 0. The fraction of sp³-hybridized carbons (Fsp3) is 1.00. The van der Waals surface area contributed by atoms with Gasteiger partial charge in [0.05, 0.1) is 0 Å². The Kier molecular flexibility index (Phi) is 3.15. The van der Waals surface area contributed by atoms with Crippen molar-refractivity contribution in [3.8, 4) is 0 Å². The largest absolute Gasteiger partial charge is 0.404 e. The third kappa shape index (κ3) is 2.56. The zero-order valence-electron chi connectivity index (χ0n) is 6.37. The molecule has 0 aromatic rings. The molecule has 1 nitrogen and oxygen atoms in total. The number of halogens is 3. The molecule has 0 heterocycles. The van der Waals surface area contributed by atoms with Crippen molar-refractivity contribution in [2.75, 3.05) is 14.1 Å². The molecule has 0 N–H and O–H groups in total. The van der Waals surface area contributed by atoms with E-state index < -0.39 is 12.2 Å². The smallest absolute Gasteiger partial charge is 0.298 e. The van der Waals surface area contributed by atoms with Gasteiger partial charge in [-0.1, -0.05) is 6.92 Å². The molecular formula is C6H12F3N. The van der Waals surface area contributed by atoms with Crippen LogP contribution in [-0.2, 0) is 0 Å². The fourth-order valence-electron chi connectivity index (χ4n) is 0.889. The summed E-state index contributed by atoms with van der Waals surface area (Å²) in [4.78, 5) is 1.18. The zero-order valence-corrected chi connectivity index (χ0v) is 6.37. The summed E-state index contributed by atoms with van der Waals surface area (Å²) in [5, 5.41) is 0. The Labute approximate surface area is 58.8 Å². The van der Waals surface area contributed by atoms with Crippen molar-refractivity contribution >= 4 is 0 Å². The average molecular weight is 155 g/mol. The standard InChI is InChI=1S/C6H12F3N/c1-4-5(10(2)3)6(7,8)9/h5H,4H2,1-3H3. The highest BCUT2D eigenvalue weighted by molar-refractivity contribution is 4.72. The molecule has 0 bridgehead atoms. The molecule has 0 saturated heterocycles. The lowest BCUT2D eigenvalue weighted by atomic mass is 10.2. The quantitative estimate of drug-likeness (QED) is 0.588. The summed E-state index contributed by atoms with van der Waals surface area (Å²) in [5.74, 6) is 0. The second kappa shape index (κ2) is 3.23. The van der Waals surface area contributed by atoms with Gasteiger partial charge in [0.25, 0.3) is 0 Å². The molecule has 62 valence electrons. The molecule has 0 aromatic heterocycles. The number of rotatable bonds is 2. The number of nitrogens with zero attached hydrogens (tertiary/aromatic N) is 1. The second-order valence-corrected chi connectivity index (χ2v) is 2.43. The average Bonchev–Trinajstić information content (AvgIpc) is 1.60. The van der Waals surface area contributed by atoms with Crippen LogP contribution in [0, 0.1) is 0 Å². The Morgan fingerprint density at radius 3 is 1.70 bits per heavy atom. The van der Waals surface area contributed by atoms with Crippen molar-refractivity contribution in [3.05, 3.63) is 0 Å². The van der Waals surface area contributed by atoms with Crippen molar-refractivity contribution in [2.24, 2.45) is 0 Å². The first-order valence-electron chi connectivity index (χ1n) is 3.12. The van der Waals surface area contributed by atoms with Crippen LogP contribution in [0.25, 0.3) is 0 Å². The normalized spacial score (nSPS) is 15.9. The molecule has 0 rings (SSSR count). The number of hydrogen-bond donors (Lipinski definition) is 0.